The fourth-order valence-electron chi connectivity index (χ4n) is 15.5. The van der Waals surface area contributed by atoms with Crippen LogP contribution in [0.1, 0.15) is 186 Å². The van der Waals surface area contributed by atoms with Gasteiger partial charge in [-0.15, -0.1) is 0 Å². The van der Waals surface area contributed by atoms with Crippen molar-refractivity contribution in [3.05, 3.63) is 240 Å². The SMILES string of the molecule is CCCC[N+](CC)(CCC)CCOC(=O)c1ccc2ccccc2c1.CCCC[N+](CC)(CCC)CCOC(=O)c1cccc2ccccc12.CCC[N+](CC)(CCC)CCOC(=O)c1cccc2ccccc12.CC[N+](CC)(CC)CCOC(=O)c1cccc2ccccc12.C[N+](C)(C)CCOC(=O)c1cccc2ccccc12. The summed E-state index contributed by atoms with van der Waals surface area (Å²) >= 11 is 0. The van der Waals surface area contributed by atoms with Gasteiger partial charge in [0.15, 0.2) is 0 Å². The molecule has 10 aromatic rings. The van der Waals surface area contributed by atoms with E-state index < -0.39 is 0 Å². The molecule has 0 aromatic heterocycles. The summed E-state index contributed by atoms with van der Waals surface area (Å²) < 4.78 is 32.7. The van der Waals surface area contributed by atoms with Crippen LogP contribution in [0.15, 0.2) is 212 Å². The standard InChI is InChI=1S/2C22H32NO2.C21H30NO2.C19H26NO2.C16H20NO2/c1-4-7-16-23(6-3,15-5-2)17-18-25-22(24)21-14-10-12-19-11-8-9-13-20(19)21;1-4-7-15-23(6-3,14-5-2)16-17-25-22(24)21-13-12-19-10-8-9-11-20(19)18-21;1-4-14-22(6-3,15-5-2)16-17-24-21(23)20-13-9-11-18-10-7-8-12-19(18)20;1-4-20(5-2,6-3)14-15-22-19(21)18-13-9-11-16-10-7-8-12-17(16)18;1-17(2,3)11-12-19-16(18)15-10-6-8-13-7-4-5-9-14(13)15/h8-14H,4-7,15-18H2,1-3H3;8-13,18H,4-7,14-17H2,1-3H3;7-13H,4-6,14-17H2,1-3H3;7-13H,4-6,14-15H2,1-3H3;4-10H,11-12H2,1-3H3/q5*+1. The summed E-state index contributed by atoms with van der Waals surface area (Å²) in [6.45, 7) is 46.9. The predicted molar refractivity (Wildman–Crippen MR) is 478 cm³/mol. The maximum Gasteiger partial charge on any atom is 0.338 e. The highest BCUT2D eigenvalue weighted by atomic mass is 16.5. The Balaban J connectivity index is 0.000000224. The van der Waals surface area contributed by atoms with Gasteiger partial charge in [-0.2, -0.15) is 0 Å². The maximum absolute atomic E-state index is 12.6. The first kappa shape index (κ1) is 94.5. The van der Waals surface area contributed by atoms with Gasteiger partial charge in [0, 0.05) is 0 Å². The van der Waals surface area contributed by atoms with Crippen LogP contribution in [-0.2, 0) is 23.7 Å². The lowest BCUT2D eigenvalue weighted by molar-refractivity contribution is -0.926. The summed E-state index contributed by atoms with van der Waals surface area (Å²) in [5.41, 5.74) is 3.25. The molecule has 620 valence electrons. The highest BCUT2D eigenvalue weighted by molar-refractivity contribution is 6.07. The van der Waals surface area contributed by atoms with Crippen molar-refractivity contribution in [3.63, 3.8) is 0 Å². The molecule has 15 nitrogen and oxygen atoms in total. The van der Waals surface area contributed by atoms with E-state index in [1.165, 1.54) is 38.8 Å². The molecule has 2 atom stereocenters. The predicted octanol–water partition coefficient (Wildman–Crippen LogP) is 21.3. The Labute approximate surface area is 690 Å². The Morgan fingerprint density at radius 2 is 0.487 bits per heavy atom. The van der Waals surface area contributed by atoms with Crippen molar-refractivity contribution < 1.29 is 70.1 Å². The molecule has 0 aliphatic heterocycles. The van der Waals surface area contributed by atoms with Crippen molar-refractivity contribution >= 4 is 83.7 Å². The summed E-state index contributed by atoms with van der Waals surface area (Å²) in [5.74, 6) is -1.11. The molecule has 0 spiro atoms. The van der Waals surface area contributed by atoms with Gasteiger partial charge in [-0.05, 0) is 170 Å². The van der Waals surface area contributed by atoms with Gasteiger partial charge in [0.2, 0.25) is 0 Å². The second-order valence-electron chi connectivity index (χ2n) is 31.6. The Morgan fingerprint density at radius 1 is 0.235 bits per heavy atom. The van der Waals surface area contributed by atoms with Crippen molar-refractivity contribution in [1.82, 2.24) is 0 Å². The number of hydrogen-bond acceptors (Lipinski definition) is 10. The summed E-state index contributed by atoms with van der Waals surface area (Å²) in [6, 6.07) is 68.6. The Bertz CT molecular complexity index is 4540. The van der Waals surface area contributed by atoms with Gasteiger partial charge >= 0.3 is 29.8 Å². The molecule has 0 saturated carbocycles. The largest absolute Gasteiger partial charge is 0.456 e. The van der Waals surface area contributed by atoms with Gasteiger partial charge < -0.3 is 46.1 Å². The first-order chi connectivity index (χ1) is 55.6. The van der Waals surface area contributed by atoms with Crippen LogP contribution >= 0.6 is 0 Å². The highest BCUT2D eigenvalue weighted by Gasteiger charge is 2.29. The van der Waals surface area contributed by atoms with Gasteiger partial charge in [-0.25, -0.2) is 24.0 Å². The number of carbonyl (C=O) groups excluding carboxylic acids is 5. The molecule has 0 N–H and O–H groups in total. The van der Waals surface area contributed by atoms with E-state index in [4.69, 9.17) is 23.7 Å². The highest BCUT2D eigenvalue weighted by Crippen LogP contribution is 2.26. The average molecular weight is 1570 g/mol. The number of fused-ring (bicyclic) bond motifs is 5. The van der Waals surface area contributed by atoms with Gasteiger partial charge in [-0.3, -0.25) is 0 Å². The molecule has 0 saturated heterocycles. The number of rotatable bonds is 40. The normalized spacial score (nSPS) is 12.4. The summed E-state index contributed by atoms with van der Waals surface area (Å²) in [7, 11) is 6.23. The quantitative estimate of drug-likeness (QED) is 0.0208. The molecule has 0 fully saturated rings. The smallest absolute Gasteiger partial charge is 0.338 e. The van der Waals surface area contributed by atoms with Crippen molar-refractivity contribution in [3.8, 4) is 0 Å². The number of unbranched alkanes of at least 4 members (excludes halogenated alkanes) is 2. The van der Waals surface area contributed by atoms with E-state index in [9.17, 15) is 24.0 Å². The van der Waals surface area contributed by atoms with Crippen LogP contribution in [0.4, 0.5) is 0 Å². The third kappa shape index (κ3) is 29.4. The molecule has 10 rings (SSSR count). The Hall–Kier alpha value is -9.35. The van der Waals surface area contributed by atoms with Crippen molar-refractivity contribution in [2.24, 2.45) is 0 Å². The second-order valence-corrected chi connectivity index (χ2v) is 31.6. The summed E-state index contributed by atoms with van der Waals surface area (Å²) in [5, 5.41) is 10.3. The van der Waals surface area contributed by atoms with Crippen LogP contribution in [0, 0.1) is 0 Å². The van der Waals surface area contributed by atoms with E-state index in [0.717, 1.165) is 200 Å². The number of benzene rings is 10. The zero-order valence-corrected chi connectivity index (χ0v) is 72.7. The Kier molecular flexibility index (Phi) is 40.7. The topological polar surface area (TPSA) is 132 Å². The fraction of sp³-hybridized carbons (Fsp3) is 0.450. The fourth-order valence-corrected chi connectivity index (χ4v) is 15.5. The lowest BCUT2D eigenvalue weighted by Gasteiger charge is -2.37. The summed E-state index contributed by atoms with van der Waals surface area (Å²) in [4.78, 5) is 62.0. The van der Waals surface area contributed by atoms with Crippen molar-refractivity contribution in [2.45, 2.75) is 134 Å². The molecule has 0 aliphatic rings. The zero-order valence-electron chi connectivity index (χ0n) is 72.7. The number of ether oxygens (including phenoxy) is 5. The minimum Gasteiger partial charge on any atom is -0.456 e. The molecule has 0 aliphatic carbocycles. The molecule has 2 unspecified atom stereocenters. The monoisotopic (exact) mass is 1570 g/mol. The minimum absolute atomic E-state index is 0.210. The van der Waals surface area contributed by atoms with Crippen molar-refractivity contribution in [1.29, 1.82) is 0 Å². The van der Waals surface area contributed by atoms with E-state index >= 15 is 0 Å². The van der Waals surface area contributed by atoms with E-state index in [1.54, 1.807) is 0 Å². The molecule has 0 heterocycles. The van der Waals surface area contributed by atoms with E-state index in [0.29, 0.717) is 60.9 Å². The van der Waals surface area contributed by atoms with Crippen LogP contribution in [0.2, 0.25) is 0 Å². The first-order valence-corrected chi connectivity index (χ1v) is 43.0. The number of carbonyl (C=O) groups is 5. The number of esters is 5. The lowest BCUT2D eigenvalue weighted by atomic mass is 10.1. The van der Waals surface area contributed by atoms with Gasteiger partial charge in [0.25, 0.3) is 0 Å². The van der Waals surface area contributed by atoms with E-state index in [-0.39, 0.29) is 29.8 Å². The maximum atomic E-state index is 12.6. The molecular weight excluding hydrogens is 1430 g/mol. The van der Waals surface area contributed by atoms with Gasteiger partial charge in [0.1, 0.15) is 65.8 Å². The van der Waals surface area contributed by atoms with Crippen molar-refractivity contribution in [2.75, 3.05) is 165 Å². The average Bonchev–Trinajstić information content (AvgIpc) is 0.824. The molecular formula is C100H140N5O10+5. The molecule has 115 heavy (non-hydrogen) atoms. The number of likely N-dealkylation sites (N-methyl/N-ethyl adjacent to an activating group) is 5. The lowest BCUT2D eigenvalue weighted by Crippen LogP contribution is -2.51. The number of hydrogen-bond donors (Lipinski definition) is 0. The van der Waals surface area contributed by atoms with Crippen LogP contribution in [0.25, 0.3) is 53.9 Å². The molecule has 15 heteroatoms. The summed E-state index contributed by atoms with van der Waals surface area (Å²) in [6.07, 6.45) is 9.51. The second kappa shape index (κ2) is 49.5. The van der Waals surface area contributed by atoms with Crippen LogP contribution in [0.5, 0.6) is 0 Å². The van der Waals surface area contributed by atoms with Crippen LogP contribution in [0.3, 0.4) is 0 Å². The minimum atomic E-state index is -0.245. The molecule has 10 aromatic carbocycles. The molecule has 0 radical (unpaired) electrons. The first-order valence-electron chi connectivity index (χ1n) is 43.0. The third-order valence-electron chi connectivity index (χ3n) is 23.0. The third-order valence-corrected chi connectivity index (χ3v) is 23.0. The van der Waals surface area contributed by atoms with Crippen LogP contribution < -0.4 is 0 Å². The van der Waals surface area contributed by atoms with Gasteiger partial charge in [0.05, 0.1) is 127 Å². The zero-order chi connectivity index (χ0) is 83.5. The van der Waals surface area contributed by atoms with E-state index in [1.807, 2.05) is 206 Å². The molecule has 0 amide bonds. The van der Waals surface area contributed by atoms with Gasteiger partial charge in [-0.1, -0.05) is 230 Å². The Morgan fingerprint density at radius 3 is 0.774 bits per heavy atom. The number of nitrogens with zero attached hydrogens (tertiary/aromatic N) is 5. The number of quaternary nitrogens is 5. The molecule has 0 bridgehead atoms. The van der Waals surface area contributed by atoms with Crippen LogP contribution in [-0.4, -0.2) is 218 Å². The van der Waals surface area contributed by atoms with E-state index in [2.05, 4.69) is 110 Å².